The molecule has 4 heteroatoms. The van der Waals surface area contributed by atoms with Crippen molar-refractivity contribution in [1.82, 2.24) is 0 Å². The van der Waals surface area contributed by atoms with E-state index in [0.717, 1.165) is 17.7 Å². The van der Waals surface area contributed by atoms with Gasteiger partial charge in [-0.2, -0.15) is 0 Å². The maximum atomic E-state index is 12.2. The summed E-state index contributed by atoms with van der Waals surface area (Å²) in [5, 5.41) is 0. The van der Waals surface area contributed by atoms with E-state index < -0.39 is 0 Å². The van der Waals surface area contributed by atoms with Gasteiger partial charge in [-0.05, 0) is 44.0 Å². The molecule has 1 fully saturated rings. The highest BCUT2D eigenvalue weighted by Gasteiger charge is 2.25. The van der Waals surface area contributed by atoms with Crippen molar-refractivity contribution in [3.05, 3.63) is 64.7 Å². The first-order valence-corrected chi connectivity index (χ1v) is 9.14. The summed E-state index contributed by atoms with van der Waals surface area (Å²) in [4.78, 5) is 12.2. The van der Waals surface area contributed by atoms with Crippen LogP contribution >= 0.6 is 0 Å². The summed E-state index contributed by atoms with van der Waals surface area (Å²) in [5.41, 5.74) is 4.16. The van der Waals surface area contributed by atoms with Crippen LogP contribution in [-0.2, 0) is 15.9 Å². The fourth-order valence-electron chi connectivity index (χ4n) is 2.98. The molecule has 1 saturated heterocycles. The SMILES string of the molecule is Cc1ccccc1CCOc1cc(C(=O)OC(C)C)ccc1C1COC1. The first-order chi connectivity index (χ1) is 12.5. The third-order valence-corrected chi connectivity index (χ3v) is 4.56. The largest absolute Gasteiger partial charge is 0.493 e. The van der Waals surface area contributed by atoms with Gasteiger partial charge in [0, 0.05) is 17.9 Å². The quantitative estimate of drug-likeness (QED) is 0.696. The van der Waals surface area contributed by atoms with Gasteiger partial charge in [0.25, 0.3) is 0 Å². The van der Waals surface area contributed by atoms with E-state index in [1.165, 1.54) is 11.1 Å². The number of carbonyl (C=O) groups is 1. The van der Waals surface area contributed by atoms with E-state index in [4.69, 9.17) is 14.2 Å². The van der Waals surface area contributed by atoms with Gasteiger partial charge in [0.15, 0.2) is 0 Å². The number of hydrogen-bond acceptors (Lipinski definition) is 4. The molecule has 1 aliphatic rings. The third-order valence-electron chi connectivity index (χ3n) is 4.56. The number of carbonyl (C=O) groups excluding carboxylic acids is 1. The van der Waals surface area contributed by atoms with Gasteiger partial charge in [-0.25, -0.2) is 4.79 Å². The molecule has 26 heavy (non-hydrogen) atoms. The van der Waals surface area contributed by atoms with E-state index in [1.807, 2.05) is 38.1 Å². The normalized spacial score (nSPS) is 14.2. The fraction of sp³-hybridized carbons (Fsp3) is 0.409. The molecule has 0 aliphatic carbocycles. The molecule has 138 valence electrons. The lowest BCUT2D eigenvalue weighted by Gasteiger charge is -2.28. The minimum absolute atomic E-state index is 0.146. The highest BCUT2D eigenvalue weighted by Crippen LogP contribution is 2.33. The lowest BCUT2D eigenvalue weighted by molar-refractivity contribution is 0.00729. The Bertz CT molecular complexity index is 762. The Labute approximate surface area is 155 Å². The molecular weight excluding hydrogens is 328 g/mol. The van der Waals surface area contributed by atoms with Gasteiger partial charge in [0.1, 0.15) is 5.75 Å². The molecule has 0 bridgehead atoms. The number of benzene rings is 2. The molecule has 0 N–H and O–H groups in total. The van der Waals surface area contributed by atoms with Gasteiger partial charge in [0.05, 0.1) is 31.5 Å². The summed E-state index contributed by atoms with van der Waals surface area (Å²) in [6.07, 6.45) is 0.682. The Morgan fingerprint density at radius 1 is 1.19 bits per heavy atom. The molecule has 2 aromatic rings. The lowest BCUT2D eigenvalue weighted by atomic mass is 9.95. The van der Waals surface area contributed by atoms with Crippen LogP contribution < -0.4 is 4.74 Å². The Balaban J connectivity index is 1.74. The average Bonchev–Trinajstić information content (AvgIpc) is 2.55. The molecule has 0 atom stereocenters. The van der Waals surface area contributed by atoms with Crippen molar-refractivity contribution in [1.29, 1.82) is 0 Å². The van der Waals surface area contributed by atoms with Crippen LogP contribution in [0.2, 0.25) is 0 Å². The zero-order chi connectivity index (χ0) is 18.5. The zero-order valence-corrected chi connectivity index (χ0v) is 15.7. The third kappa shape index (κ3) is 4.44. The number of hydrogen-bond donors (Lipinski definition) is 0. The Morgan fingerprint density at radius 2 is 1.96 bits per heavy atom. The van der Waals surface area contributed by atoms with Crippen LogP contribution in [0.3, 0.4) is 0 Å². The average molecular weight is 354 g/mol. The summed E-state index contributed by atoms with van der Waals surface area (Å²) < 4.78 is 16.7. The molecule has 2 aromatic carbocycles. The number of rotatable bonds is 7. The molecule has 0 spiro atoms. The lowest BCUT2D eigenvalue weighted by Crippen LogP contribution is -2.26. The van der Waals surface area contributed by atoms with Gasteiger partial charge >= 0.3 is 5.97 Å². The van der Waals surface area contributed by atoms with Gasteiger partial charge < -0.3 is 14.2 Å². The van der Waals surface area contributed by atoms with Gasteiger partial charge in [-0.15, -0.1) is 0 Å². The maximum absolute atomic E-state index is 12.2. The number of ether oxygens (including phenoxy) is 3. The summed E-state index contributed by atoms with van der Waals surface area (Å²) in [7, 11) is 0. The Kier molecular flexibility index (Phi) is 5.94. The summed E-state index contributed by atoms with van der Waals surface area (Å²) in [6.45, 7) is 7.76. The van der Waals surface area contributed by atoms with Crippen molar-refractivity contribution in [2.24, 2.45) is 0 Å². The summed E-state index contributed by atoms with van der Waals surface area (Å²) in [5.74, 6) is 0.767. The highest BCUT2D eigenvalue weighted by atomic mass is 16.5. The van der Waals surface area contributed by atoms with Crippen molar-refractivity contribution in [3.63, 3.8) is 0 Å². The molecule has 0 aromatic heterocycles. The van der Waals surface area contributed by atoms with E-state index >= 15 is 0 Å². The molecular formula is C22H26O4. The van der Waals surface area contributed by atoms with Gasteiger partial charge in [-0.1, -0.05) is 30.3 Å². The van der Waals surface area contributed by atoms with Crippen molar-refractivity contribution < 1.29 is 19.0 Å². The van der Waals surface area contributed by atoms with E-state index in [9.17, 15) is 4.79 Å². The molecule has 0 saturated carbocycles. The van der Waals surface area contributed by atoms with Crippen LogP contribution in [0.1, 0.15) is 46.8 Å². The second kappa shape index (κ2) is 8.37. The predicted octanol–water partition coefficient (Wildman–Crippen LogP) is 4.30. The van der Waals surface area contributed by atoms with Crippen LogP contribution in [0.15, 0.2) is 42.5 Å². The van der Waals surface area contributed by atoms with Crippen LogP contribution in [-0.4, -0.2) is 31.9 Å². The smallest absolute Gasteiger partial charge is 0.338 e. The first-order valence-electron chi connectivity index (χ1n) is 9.14. The summed E-state index contributed by atoms with van der Waals surface area (Å²) in [6, 6.07) is 13.9. The molecule has 1 heterocycles. The molecule has 4 nitrogen and oxygen atoms in total. The molecule has 0 amide bonds. The van der Waals surface area contributed by atoms with Crippen molar-refractivity contribution >= 4 is 5.97 Å². The van der Waals surface area contributed by atoms with E-state index in [0.29, 0.717) is 31.3 Å². The monoisotopic (exact) mass is 354 g/mol. The first kappa shape index (κ1) is 18.5. The van der Waals surface area contributed by atoms with Crippen LogP contribution in [0, 0.1) is 6.92 Å². The minimum Gasteiger partial charge on any atom is -0.493 e. The van der Waals surface area contributed by atoms with E-state index in [1.54, 1.807) is 6.07 Å². The number of aryl methyl sites for hydroxylation is 1. The highest BCUT2D eigenvalue weighted by molar-refractivity contribution is 5.90. The summed E-state index contributed by atoms with van der Waals surface area (Å²) >= 11 is 0. The standard InChI is InChI=1S/C22H26O4/c1-15(2)26-22(23)18-8-9-20(19-13-24-14-19)21(12-18)25-11-10-17-7-5-4-6-16(17)3/h4-9,12,15,19H,10-11,13-14H2,1-3H3. The Morgan fingerprint density at radius 3 is 2.62 bits per heavy atom. The van der Waals surface area contributed by atoms with Crippen LogP contribution in [0.25, 0.3) is 0 Å². The van der Waals surface area contributed by atoms with Crippen LogP contribution in [0.5, 0.6) is 5.75 Å². The second-order valence-electron chi connectivity index (χ2n) is 6.97. The fourth-order valence-corrected chi connectivity index (χ4v) is 2.98. The topological polar surface area (TPSA) is 44.8 Å². The maximum Gasteiger partial charge on any atom is 0.338 e. The number of esters is 1. The van der Waals surface area contributed by atoms with Crippen molar-refractivity contribution in [3.8, 4) is 5.75 Å². The van der Waals surface area contributed by atoms with E-state index in [2.05, 4.69) is 19.1 Å². The molecule has 1 aliphatic heterocycles. The van der Waals surface area contributed by atoms with Crippen molar-refractivity contribution in [2.45, 2.75) is 39.2 Å². The molecule has 3 rings (SSSR count). The minimum atomic E-state index is -0.319. The van der Waals surface area contributed by atoms with Gasteiger partial charge in [-0.3, -0.25) is 0 Å². The van der Waals surface area contributed by atoms with Crippen molar-refractivity contribution in [2.75, 3.05) is 19.8 Å². The van der Waals surface area contributed by atoms with Gasteiger partial charge in [0.2, 0.25) is 0 Å². The van der Waals surface area contributed by atoms with Crippen LogP contribution in [0.4, 0.5) is 0 Å². The predicted molar refractivity (Wildman–Crippen MR) is 101 cm³/mol. The second-order valence-corrected chi connectivity index (χ2v) is 6.97. The van der Waals surface area contributed by atoms with E-state index in [-0.39, 0.29) is 12.1 Å². The zero-order valence-electron chi connectivity index (χ0n) is 15.7. The Hall–Kier alpha value is -2.33. The molecule has 0 unspecified atom stereocenters. The molecule has 0 radical (unpaired) electrons.